The molecule has 0 saturated carbocycles. The molecule has 0 aliphatic carbocycles. The lowest BCUT2D eigenvalue weighted by Crippen LogP contribution is -2.27. The molecule has 144 valence electrons. The predicted octanol–water partition coefficient (Wildman–Crippen LogP) is 4.58. The molecule has 0 aliphatic rings. The van der Waals surface area contributed by atoms with Crippen molar-refractivity contribution in [1.29, 1.82) is 0 Å². The van der Waals surface area contributed by atoms with E-state index in [2.05, 4.69) is 17.4 Å². The second-order valence-corrected chi connectivity index (χ2v) is 8.09. The van der Waals surface area contributed by atoms with E-state index >= 15 is 0 Å². The molecule has 1 rings (SSSR count). The van der Waals surface area contributed by atoms with Gasteiger partial charge < -0.3 is 0 Å². The number of benzene rings is 1. The van der Waals surface area contributed by atoms with Gasteiger partial charge in [0.2, 0.25) is 10.0 Å². The van der Waals surface area contributed by atoms with Crippen molar-refractivity contribution in [2.24, 2.45) is 5.92 Å². The Bertz CT molecular complexity index is 720. The Hall–Kier alpha value is -1.95. The van der Waals surface area contributed by atoms with Gasteiger partial charge in [-0.15, -0.1) is 5.73 Å². The fourth-order valence-corrected chi connectivity index (χ4v) is 3.44. The highest BCUT2D eigenvalue weighted by Gasteiger charge is 2.16. The smallest absolute Gasteiger partial charge is 0.258 e. The van der Waals surface area contributed by atoms with Gasteiger partial charge >= 0.3 is 0 Å². The molecule has 0 aromatic heterocycles. The fourth-order valence-electron chi connectivity index (χ4n) is 2.30. The van der Waals surface area contributed by atoms with Crippen LogP contribution in [0, 0.1) is 16.0 Å². The number of nitro groups is 1. The van der Waals surface area contributed by atoms with Crippen molar-refractivity contribution >= 4 is 15.7 Å². The third-order valence-corrected chi connectivity index (χ3v) is 5.34. The molecular weight excluding hydrogens is 352 g/mol. The van der Waals surface area contributed by atoms with Crippen molar-refractivity contribution in [2.75, 3.05) is 6.54 Å². The number of hydrogen-bond acceptors (Lipinski definition) is 4. The summed E-state index contributed by atoms with van der Waals surface area (Å²) >= 11 is 0. The van der Waals surface area contributed by atoms with Crippen molar-refractivity contribution in [2.45, 2.75) is 57.3 Å². The Morgan fingerprint density at radius 2 is 1.85 bits per heavy atom. The summed E-state index contributed by atoms with van der Waals surface area (Å²) in [7, 11) is -3.68. The zero-order chi connectivity index (χ0) is 19.4. The van der Waals surface area contributed by atoms with Gasteiger partial charge in [-0.2, -0.15) is 0 Å². The predicted molar refractivity (Wildman–Crippen MR) is 103 cm³/mol. The lowest BCUT2D eigenvalue weighted by molar-refractivity contribution is -0.384. The second-order valence-electron chi connectivity index (χ2n) is 6.32. The molecule has 6 nitrogen and oxygen atoms in total. The molecule has 0 radical (unpaired) electrons. The van der Waals surface area contributed by atoms with Gasteiger partial charge in [0, 0.05) is 18.7 Å². The molecule has 1 unspecified atom stereocenters. The Morgan fingerprint density at radius 3 is 2.46 bits per heavy atom. The van der Waals surface area contributed by atoms with E-state index in [4.69, 9.17) is 0 Å². The van der Waals surface area contributed by atoms with Gasteiger partial charge in [-0.1, -0.05) is 39.5 Å². The first kappa shape index (κ1) is 22.1. The summed E-state index contributed by atoms with van der Waals surface area (Å²) in [6, 6.07) is 4.83. The number of non-ortho nitro benzene ring substituents is 1. The summed E-state index contributed by atoms with van der Waals surface area (Å²) in [5.41, 5.74) is 2.97. The van der Waals surface area contributed by atoms with Gasteiger partial charge in [-0.3, -0.25) is 10.1 Å². The average Bonchev–Trinajstić information content (AvgIpc) is 2.62. The van der Waals surface area contributed by atoms with E-state index in [1.165, 1.54) is 49.9 Å². The molecule has 1 N–H and O–H groups in total. The molecule has 0 amide bonds. The molecular formula is C19H28N2O4S. The Labute approximate surface area is 156 Å². The maximum Gasteiger partial charge on any atom is 0.269 e. The Kier molecular flexibility index (Phi) is 9.88. The monoisotopic (exact) mass is 380 g/mol. The molecule has 1 aromatic carbocycles. The number of nitro benzene ring substituents is 1. The van der Waals surface area contributed by atoms with Crippen molar-refractivity contribution < 1.29 is 13.3 Å². The van der Waals surface area contributed by atoms with Crippen LogP contribution in [0.1, 0.15) is 52.4 Å². The number of nitrogens with one attached hydrogen (secondary N) is 1. The zero-order valence-corrected chi connectivity index (χ0v) is 16.3. The van der Waals surface area contributed by atoms with Crippen LogP contribution in [0.3, 0.4) is 0 Å². The first-order valence-corrected chi connectivity index (χ1v) is 10.5. The van der Waals surface area contributed by atoms with Crippen LogP contribution in [0.5, 0.6) is 0 Å². The van der Waals surface area contributed by atoms with Crippen LogP contribution < -0.4 is 4.72 Å². The summed E-state index contributed by atoms with van der Waals surface area (Å²) < 4.78 is 26.9. The van der Waals surface area contributed by atoms with E-state index < -0.39 is 14.9 Å². The summed E-state index contributed by atoms with van der Waals surface area (Å²) in [5.74, 6) is -0.000773. The van der Waals surface area contributed by atoms with Crippen LogP contribution >= 0.6 is 0 Å². The van der Waals surface area contributed by atoms with E-state index in [0.29, 0.717) is 0 Å². The number of hydrogen-bond donors (Lipinski definition) is 1. The Morgan fingerprint density at radius 1 is 1.19 bits per heavy atom. The van der Waals surface area contributed by atoms with E-state index in [-0.39, 0.29) is 23.0 Å². The highest BCUT2D eigenvalue weighted by atomic mass is 32.2. The van der Waals surface area contributed by atoms with Crippen LogP contribution in [0.2, 0.25) is 0 Å². The summed E-state index contributed by atoms with van der Waals surface area (Å²) in [6.07, 6.45) is 11.0. The molecule has 7 heteroatoms. The molecule has 0 heterocycles. The van der Waals surface area contributed by atoms with Gasteiger partial charge in [0.1, 0.15) is 0 Å². The first-order chi connectivity index (χ1) is 12.4. The normalized spacial score (nSPS) is 12.2. The van der Waals surface area contributed by atoms with Crippen molar-refractivity contribution in [3.05, 3.63) is 52.3 Å². The van der Waals surface area contributed by atoms with Crippen LogP contribution in [-0.2, 0) is 10.0 Å². The Balaban J connectivity index is 2.43. The minimum atomic E-state index is -3.68. The summed E-state index contributed by atoms with van der Waals surface area (Å²) in [5, 5.41) is 10.6. The van der Waals surface area contributed by atoms with E-state index in [1.807, 2.05) is 19.1 Å². The van der Waals surface area contributed by atoms with Crippen LogP contribution in [0.25, 0.3) is 0 Å². The largest absolute Gasteiger partial charge is 0.269 e. The maximum atomic E-state index is 12.2. The lowest BCUT2D eigenvalue weighted by atomic mass is 10.1. The molecule has 0 aliphatic heterocycles. The molecule has 0 bridgehead atoms. The molecule has 1 atom stereocenters. The highest BCUT2D eigenvalue weighted by molar-refractivity contribution is 7.89. The highest BCUT2D eigenvalue weighted by Crippen LogP contribution is 2.15. The maximum absolute atomic E-state index is 12.2. The molecule has 0 fully saturated rings. The summed E-state index contributed by atoms with van der Waals surface area (Å²) in [6.45, 7) is 4.34. The van der Waals surface area contributed by atoms with Gasteiger partial charge in [0.25, 0.3) is 5.69 Å². The third kappa shape index (κ3) is 8.43. The van der Waals surface area contributed by atoms with E-state index in [1.54, 1.807) is 0 Å². The number of rotatable bonds is 12. The molecule has 1 aromatic rings. The molecule has 26 heavy (non-hydrogen) atoms. The number of sulfonamides is 1. The standard InChI is InChI=1S/C19H28N2O4S/c1-3-4-5-6-7-8-9-10-11-17(2)16-20-26(24,25)19-14-12-18(13-15-19)21(22)23/h9,11-15,17,20H,3-8,16H2,1-2H3. The van der Waals surface area contributed by atoms with Crippen LogP contribution in [0.4, 0.5) is 5.69 Å². The van der Waals surface area contributed by atoms with Crippen molar-refractivity contribution in [3.8, 4) is 0 Å². The van der Waals surface area contributed by atoms with Crippen LogP contribution in [-0.4, -0.2) is 19.9 Å². The first-order valence-electron chi connectivity index (χ1n) is 9.02. The second kappa shape index (κ2) is 11.6. The van der Waals surface area contributed by atoms with Crippen molar-refractivity contribution in [3.63, 3.8) is 0 Å². The minimum absolute atomic E-state index is 0.000773. The quantitative estimate of drug-likeness (QED) is 0.249. The van der Waals surface area contributed by atoms with Gasteiger partial charge in [-0.25, -0.2) is 13.1 Å². The van der Waals surface area contributed by atoms with Gasteiger partial charge in [-0.05, 0) is 43.0 Å². The lowest BCUT2D eigenvalue weighted by Gasteiger charge is -2.09. The van der Waals surface area contributed by atoms with E-state index in [9.17, 15) is 18.5 Å². The van der Waals surface area contributed by atoms with Crippen molar-refractivity contribution in [1.82, 2.24) is 4.72 Å². The SMILES string of the molecule is CCCCCCCC=C=CC(C)CNS(=O)(=O)c1ccc([N+](=O)[O-])cc1. The van der Waals surface area contributed by atoms with Gasteiger partial charge in [0.05, 0.1) is 9.82 Å². The van der Waals surface area contributed by atoms with Crippen LogP contribution in [0.15, 0.2) is 47.0 Å². The average molecular weight is 381 g/mol. The number of unbranched alkanes of at least 4 members (excludes halogenated alkanes) is 5. The zero-order valence-electron chi connectivity index (χ0n) is 15.5. The minimum Gasteiger partial charge on any atom is -0.258 e. The molecule has 0 spiro atoms. The number of nitrogens with zero attached hydrogens (tertiary/aromatic N) is 1. The molecule has 0 saturated heterocycles. The third-order valence-electron chi connectivity index (χ3n) is 3.90. The fraction of sp³-hybridized carbons (Fsp3) is 0.526. The topological polar surface area (TPSA) is 89.3 Å². The van der Waals surface area contributed by atoms with E-state index in [0.717, 1.165) is 12.8 Å². The van der Waals surface area contributed by atoms with Gasteiger partial charge in [0.15, 0.2) is 0 Å². The summed E-state index contributed by atoms with van der Waals surface area (Å²) in [4.78, 5) is 10.1.